The summed E-state index contributed by atoms with van der Waals surface area (Å²) in [5.41, 5.74) is 3.68. The highest BCUT2D eigenvalue weighted by Crippen LogP contribution is 2.21. The van der Waals surface area contributed by atoms with E-state index in [0.717, 1.165) is 50.0 Å². The summed E-state index contributed by atoms with van der Waals surface area (Å²) in [6.07, 6.45) is 3.53. The maximum Gasteiger partial charge on any atom is 0.150 e. The van der Waals surface area contributed by atoms with Crippen molar-refractivity contribution in [3.63, 3.8) is 0 Å². The number of aromatic nitrogens is 2. The molecule has 0 atom stereocenters. The number of anilines is 1. The van der Waals surface area contributed by atoms with Crippen molar-refractivity contribution in [2.45, 2.75) is 27.3 Å². The third kappa shape index (κ3) is 3.85. The van der Waals surface area contributed by atoms with Crippen molar-refractivity contribution in [2.24, 2.45) is 0 Å². The SMILES string of the molecule is CCOc1ccc(CN2CCN(c3nccnc3C)CC2)c(C)c1. The number of rotatable bonds is 5. The molecule has 1 aromatic carbocycles. The fourth-order valence-corrected chi connectivity index (χ4v) is 3.17. The first-order valence-corrected chi connectivity index (χ1v) is 8.64. The lowest BCUT2D eigenvalue weighted by Crippen LogP contribution is -2.46. The number of ether oxygens (including phenoxy) is 1. The molecule has 0 spiro atoms. The minimum Gasteiger partial charge on any atom is -0.494 e. The van der Waals surface area contributed by atoms with Crippen LogP contribution in [0.15, 0.2) is 30.6 Å². The zero-order valence-corrected chi connectivity index (χ0v) is 14.8. The van der Waals surface area contributed by atoms with E-state index in [9.17, 15) is 0 Å². The second kappa shape index (κ2) is 7.62. The lowest BCUT2D eigenvalue weighted by molar-refractivity contribution is 0.248. The molecule has 2 heterocycles. The maximum atomic E-state index is 5.57. The number of nitrogens with zero attached hydrogens (tertiary/aromatic N) is 4. The summed E-state index contributed by atoms with van der Waals surface area (Å²) in [5.74, 6) is 1.98. The highest BCUT2D eigenvalue weighted by atomic mass is 16.5. The lowest BCUT2D eigenvalue weighted by atomic mass is 10.1. The molecule has 1 fully saturated rings. The molecule has 1 aromatic heterocycles. The summed E-state index contributed by atoms with van der Waals surface area (Å²) in [6, 6.07) is 6.41. The normalized spacial score (nSPS) is 15.5. The molecule has 5 nitrogen and oxygen atoms in total. The molecule has 0 N–H and O–H groups in total. The lowest BCUT2D eigenvalue weighted by Gasteiger charge is -2.36. The van der Waals surface area contributed by atoms with Crippen LogP contribution in [0, 0.1) is 13.8 Å². The average Bonchev–Trinajstić information content (AvgIpc) is 2.59. The highest BCUT2D eigenvalue weighted by Gasteiger charge is 2.20. The van der Waals surface area contributed by atoms with Gasteiger partial charge in [0.15, 0.2) is 0 Å². The molecule has 1 aliphatic heterocycles. The summed E-state index contributed by atoms with van der Waals surface area (Å²) in [7, 11) is 0. The maximum absolute atomic E-state index is 5.57. The Bertz CT molecular complexity index is 681. The van der Waals surface area contributed by atoms with Crippen LogP contribution < -0.4 is 9.64 Å². The molecule has 0 amide bonds. The van der Waals surface area contributed by atoms with Gasteiger partial charge in [0.2, 0.25) is 0 Å². The summed E-state index contributed by atoms with van der Waals surface area (Å²) < 4.78 is 5.57. The van der Waals surface area contributed by atoms with Gasteiger partial charge in [-0.15, -0.1) is 0 Å². The van der Waals surface area contributed by atoms with Gasteiger partial charge in [-0.1, -0.05) is 6.07 Å². The standard InChI is InChI=1S/C19H26N4O/c1-4-24-18-6-5-17(15(2)13-18)14-22-9-11-23(12-10-22)19-16(3)20-7-8-21-19/h5-8,13H,4,9-12,14H2,1-3H3. The van der Waals surface area contributed by atoms with E-state index in [1.165, 1.54) is 11.1 Å². The predicted molar refractivity (Wildman–Crippen MR) is 96.6 cm³/mol. The van der Waals surface area contributed by atoms with Crippen molar-refractivity contribution in [2.75, 3.05) is 37.7 Å². The van der Waals surface area contributed by atoms with E-state index < -0.39 is 0 Å². The minimum absolute atomic E-state index is 0.711. The van der Waals surface area contributed by atoms with Crippen LogP contribution >= 0.6 is 0 Å². The number of aryl methyl sites for hydroxylation is 2. The molecule has 128 valence electrons. The van der Waals surface area contributed by atoms with Crippen LogP contribution in [-0.2, 0) is 6.54 Å². The topological polar surface area (TPSA) is 41.5 Å². The zero-order valence-electron chi connectivity index (χ0n) is 14.8. The molecule has 0 saturated carbocycles. The summed E-state index contributed by atoms with van der Waals surface area (Å²) >= 11 is 0. The fraction of sp³-hybridized carbons (Fsp3) is 0.474. The second-order valence-electron chi connectivity index (χ2n) is 6.25. The van der Waals surface area contributed by atoms with E-state index in [2.05, 4.69) is 44.9 Å². The van der Waals surface area contributed by atoms with Gasteiger partial charge < -0.3 is 9.64 Å². The number of benzene rings is 1. The molecule has 24 heavy (non-hydrogen) atoms. The van der Waals surface area contributed by atoms with Gasteiger partial charge in [-0.3, -0.25) is 9.88 Å². The Morgan fingerprint density at radius 3 is 2.46 bits per heavy atom. The monoisotopic (exact) mass is 326 g/mol. The van der Waals surface area contributed by atoms with Crippen molar-refractivity contribution in [1.29, 1.82) is 0 Å². The van der Waals surface area contributed by atoms with Crippen molar-refractivity contribution < 1.29 is 4.74 Å². The van der Waals surface area contributed by atoms with Crippen LogP contribution in [0.5, 0.6) is 5.75 Å². The fourth-order valence-electron chi connectivity index (χ4n) is 3.17. The average molecular weight is 326 g/mol. The Kier molecular flexibility index (Phi) is 5.30. The number of hydrogen-bond acceptors (Lipinski definition) is 5. The highest BCUT2D eigenvalue weighted by molar-refractivity contribution is 5.42. The first-order valence-electron chi connectivity index (χ1n) is 8.64. The van der Waals surface area contributed by atoms with Gasteiger partial charge in [0.25, 0.3) is 0 Å². The molecule has 5 heteroatoms. The van der Waals surface area contributed by atoms with Crippen molar-refractivity contribution in [3.05, 3.63) is 47.4 Å². The molecule has 0 bridgehead atoms. The predicted octanol–water partition coefficient (Wildman–Crippen LogP) is 2.81. The van der Waals surface area contributed by atoms with Crippen molar-refractivity contribution >= 4 is 5.82 Å². The number of hydrogen-bond donors (Lipinski definition) is 0. The minimum atomic E-state index is 0.711. The van der Waals surface area contributed by atoms with E-state index in [1.807, 2.05) is 13.8 Å². The zero-order chi connectivity index (χ0) is 16.9. The Morgan fingerprint density at radius 2 is 1.79 bits per heavy atom. The van der Waals surface area contributed by atoms with E-state index >= 15 is 0 Å². The van der Waals surface area contributed by atoms with E-state index in [0.29, 0.717) is 6.61 Å². The number of piperazine rings is 1. The Hall–Kier alpha value is -2.14. The van der Waals surface area contributed by atoms with Gasteiger partial charge in [0.1, 0.15) is 11.6 Å². The molecule has 1 aliphatic rings. The first-order chi connectivity index (χ1) is 11.7. The van der Waals surface area contributed by atoms with Crippen molar-refractivity contribution in [3.8, 4) is 5.75 Å². The summed E-state index contributed by atoms with van der Waals surface area (Å²) in [5, 5.41) is 0. The summed E-state index contributed by atoms with van der Waals surface area (Å²) in [6.45, 7) is 12.0. The molecule has 2 aromatic rings. The van der Waals surface area contributed by atoms with Crippen LogP contribution in [0.2, 0.25) is 0 Å². The molecular weight excluding hydrogens is 300 g/mol. The van der Waals surface area contributed by atoms with E-state index in [1.54, 1.807) is 12.4 Å². The quantitative estimate of drug-likeness (QED) is 0.845. The summed E-state index contributed by atoms with van der Waals surface area (Å²) in [4.78, 5) is 13.7. The molecule has 3 rings (SSSR count). The Labute approximate surface area is 144 Å². The molecular formula is C19H26N4O. The second-order valence-corrected chi connectivity index (χ2v) is 6.25. The van der Waals surface area contributed by atoms with Crippen molar-refractivity contribution in [1.82, 2.24) is 14.9 Å². The van der Waals surface area contributed by atoms with Gasteiger partial charge in [0, 0.05) is 45.1 Å². The molecule has 1 saturated heterocycles. The largest absolute Gasteiger partial charge is 0.494 e. The molecule has 0 radical (unpaired) electrons. The molecule has 0 aliphatic carbocycles. The van der Waals surface area contributed by atoms with Crippen LogP contribution in [0.25, 0.3) is 0 Å². The van der Waals surface area contributed by atoms with Gasteiger partial charge in [-0.05, 0) is 44.0 Å². The van der Waals surface area contributed by atoms with E-state index in [-0.39, 0.29) is 0 Å². The van der Waals surface area contributed by atoms with Crippen LogP contribution in [-0.4, -0.2) is 47.7 Å². The Morgan fingerprint density at radius 1 is 1.04 bits per heavy atom. The van der Waals surface area contributed by atoms with Gasteiger partial charge >= 0.3 is 0 Å². The van der Waals surface area contributed by atoms with Crippen LogP contribution in [0.3, 0.4) is 0 Å². The van der Waals surface area contributed by atoms with Gasteiger partial charge in [-0.25, -0.2) is 4.98 Å². The third-order valence-corrected chi connectivity index (χ3v) is 4.55. The first kappa shape index (κ1) is 16.7. The van der Waals surface area contributed by atoms with Gasteiger partial charge in [0.05, 0.1) is 12.3 Å². The smallest absolute Gasteiger partial charge is 0.150 e. The Balaban J connectivity index is 1.59. The van der Waals surface area contributed by atoms with Crippen LogP contribution in [0.4, 0.5) is 5.82 Å². The van der Waals surface area contributed by atoms with Gasteiger partial charge in [-0.2, -0.15) is 0 Å². The molecule has 0 unspecified atom stereocenters. The van der Waals surface area contributed by atoms with E-state index in [4.69, 9.17) is 4.74 Å². The third-order valence-electron chi connectivity index (χ3n) is 4.55. The van der Waals surface area contributed by atoms with Crippen LogP contribution in [0.1, 0.15) is 23.7 Å².